The Labute approximate surface area is 211 Å². The molecule has 0 saturated heterocycles. The fourth-order valence-electron chi connectivity index (χ4n) is 4.51. The van der Waals surface area contributed by atoms with Crippen LogP contribution in [0.4, 0.5) is 0 Å². The summed E-state index contributed by atoms with van der Waals surface area (Å²) in [6.07, 6.45) is 10.7. The van der Waals surface area contributed by atoms with E-state index in [1.165, 1.54) is 16.9 Å². The molecule has 4 N–H and O–H groups in total. The number of esters is 1. The molecule has 0 aliphatic heterocycles. The lowest BCUT2D eigenvalue weighted by Gasteiger charge is -2.20. The van der Waals surface area contributed by atoms with Crippen molar-refractivity contribution in [2.45, 2.75) is 71.3 Å². The van der Waals surface area contributed by atoms with Crippen LogP contribution < -0.4 is 11.5 Å². The van der Waals surface area contributed by atoms with E-state index in [-0.39, 0.29) is 24.4 Å². The van der Waals surface area contributed by atoms with E-state index in [1.54, 1.807) is 6.07 Å². The lowest BCUT2D eigenvalue weighted by Crippen LogP contribution is -2.24. The van der Waals surface area contributed by atoms with E-state index >= 15 is 0 Å². The molecule has 0 bridgehead atoms. The molecule has 7 heteroatoms. The van der Waals surface area contributed by atoms with Gasteiger partial charge in [-0.15, -0.1) is 11.3 Å². The van der Waals surface area contributed by atoms with Crippen molar-refractivity contribution in [2.75, 3.05) is 0 Å². The van der Waals surface area contributed by atoms with Crippen LogP contribution in [0.2, 0.25) is 0 Å². The fourth-order valence-corrected chi connectivity index (χ4v) is 5.59. The van der Waals surface area contributed by atoms with Gasteiger partial charge in [0.25, 0.3) is 0 Å². The SMILES string of the molecule is CC(C)C[C@H](CCc1ccc(/C=C/c2cc(C(N)=O)c(CC(N)=O)s2)cc1)C(=O)OC1CCCC1. The second-order valence-corrected chi connectivity index (χ2v) is 10.9. The third-order valence-corrected chi connectivity index (χ3v) is 7.40. The lowest BCUT2D eigenvalue weighted by atomic mass is 9.91. The number of ether oxygens (including phenoxy) is 1. The molecule has 0 radical (unpaired) electrons. The number of amides is 2. The number of aryl methyl sites for hydroxylation is 1. The minimum absolute atomic E-state index is 0.00250. The Morgan fingerprint density at radius 1 is 1.09 bits per heavy atom. The van der Waals surface area contributed by atoms with E-state index in [4.69, 9.17) is 16.2 Å². The van der Waals surface area contributed by atoms with Crippen LogP contribution in [-0.4, -0.2) is 23.9 Å². The summed E-state index contributed by atoms with van der Waals surface area (Å²) >= 11 is 1.34. The van der Waals surface area contributed by atoms with Crippen LogP contribution in [-0.2, 0) is 27.2 Å². The first-order valence-corrected chi connectivity index (χ1v) is 13.2. The molecule has 1 aromatic carbocycles. The third kappa shape index (κ3) is 8.35. The van der Waals surface area contributed by atoms with Gasteiger partial charge in [0.2, 0.25) is 11.8 Å². The number of nitrogens with two attached hydrogens (primary N) is 2. The van der Waals surface area contributed by atoms with Crippen LogP contribution in [0.1, 0.15) is 83.6 Å². The Hall–Kier alpha value is -2.93. The van der Waals surface area contributed by atoms with Gasteiger partial charge < -0.3 is 16.2 Å². The summed E-state index contributed by atoms with van der Waals surface area (Å²) in [7, 11) is 0. The summed E-state index contributed by atoms with van der Waals surface area (Å²) in [4.78, 5) is 37.1. The number of primary amides is 2. The van der Waals surface area contributed by atoms with Crippen molar-refractivity contribution in [3.63, 3.8) is 0 Å². The highest BCUT2D eigenvalue weighted by atomic mass is 32.1. The Morgan fingerprint density at radius 2 is 1.77 bits per heavy atom. The van der Waals surface area contributed by atoms with Gasteiger partial charge in [-0.3, -0.25) is 14.4 Å². The Morgan fingerprint density at radius 3 is 2.37 bits per heavy atom. The van der Waals surface area contributed by atoms with Gasteiger partial charge in [-0.2, -0.15) is 0 Å². The Bertz CT molecular complexity index is 1050. The molecule has 1 saturated carbocycles. The van der Waals surface area contributed by atoms with Gasteiger partial charge in [0.15, 0.2) is 0 Å². The quantitative estimate of drug-likeness (QED) is 0.397. The third-order valence-electron chi connectivity index (χ3n) is 6.30. The van der Waals surface area contributed by atoms with Crippen molar-refractivity contribution in [1.82, 2.24) is 0 Å². The van der Waals surface area contributed by atoms with E-state index in [2.05, 4.69) is 26.0 Å². The minimum Gasteiger partial charge on any atom is -0.462 e. The van der Waals surface area contributed by atoms with Crippen molar-refractivity contribution >= 4 is 41.3 Å². The van der Waals surface area contributed by atoms with Crippen molar-refractivity contribution in [2.24, 2.45) is 23.3 Å². The molecule has 1 aliphatic rings. The Balaban J connectivity index is 1.59. The molecular formula is C28H36N2O4S. The van der Waals surface area contributed by atoms with Crippen molar-refractivity contribution in [1.29, 1.82) is 0 Å². The van der Waals surface area contributed by atoms with Crippen LogP contribution in [0.3, 0.4) is 0 Å². The number of benzene rings is 1. The molecule has 188 valence electrons. The molecule has 0 spiro atoms. The molecule has 35 heavy (non-hydrogen) atoms. The van der Waals surface area contributed by atoms with Gasteiger partial charge in [-0.1, -0.05) is 44.2 Å². The molecule has 1 atom stereocenters. The van der Waals surface area contributed by atoms with Gasteiger partial charge >= 0.3 is 5.97 Å². The van der Waals surface area contributed by atoms with Gasteiger partial charge in [0.05, 0.1) is 17.9 Å². The smallest absolute Gasteiger partial charge is 0.309 e. The van der Waals surface area contributed by atoms with Gasteiger partial charge in [-0.25, -0.2) is 0 Å². The van der Waals surface area contributed by atoms with Crippen molar-refractivity contribution in [3.05, 3.63) is 56.8 Å². The van der Waals surface area contributed by atoms with Crippen molar-refractivity contribution < 1.29 is 19.1 Å². The second-order valence-electron chi connectivity index (χ2n) is 9.78. The molecule has 2 aromatic rings. The van der Waals surface area contributed by atoms with E-state index in [9.17, 15) is 14.4 Å². The highest BCUT2D eigenvalue weighted by Gasteiger charge is 2.26. The first-order chi connectivity index (χ1) is 16.7. The molecular weight excluding hydrogens is 460 g/mol. The zero-order chi connectivity index (χ0) is 25.4. The summed E-state index contributed by atoms with van der Waals surface area (Å²) in [6, 6.07) is 9.92. The topological polar surface area (TPSA) is 112 Å². The van der Waals surface area contributed by atoms with Gasteiger partial charge in [-0.05, 0) is 74.1 Å². The average Bonchev–Trinajstić information content (AvgIpc) is 3.45. The summed E-state index contributed by atoms with van der Waals surface area (Å²) in [5.74, 6) is -0.720. The predicted molar refractivity (Wildman–Crippen MR) is 141 cm³/mol. The molecule has 1 heterocycles. The van der Waals surface area contributed by atoms with Crippen LogP contribution in [0.25, 0.3) is 12.2 Å². The van der Waals surface area contributed by atoms with Crippen LogP contribution in [0.15, 0.2) is 30.3 Å². The monoisotopic (exact) mass is 496 g/mol. The predicted octanol–water partition coefficient (Wildman–Crippen LogP) is 5.13. The molecule has 0 unspecified atom stereocenters. The van der Waals surface area contributed by atoms with Crippen LogP contribution in [0.5, 0.6) is 0 Å². The lowest BCUT2D eigenvalue weighted by molar-refractivity contribution is -0.154. The largest absolute Gasteiger partial charge is 0.462 e. The first-order valence-electron chi connectivity index (χ1n) is 12.4. The maximum absolute atomic E-state index is 12.8. The molecule has 2 amide bonds. The number of hydrogen-bond acceptors (Lipinski definition) is 5. The van der Waals surface area contributed by atoms with E-state index in [1.807, 2.05) is 24.3 Å². The highest BCUT2D eigenvalue weighted by molar-refractivity contribution is 7.13. The van der Waals surface area contributed by atoms with E-state index in [0.29, 0.717) is 16.4 Å². The molecule has 1 aliphatic carbocycles. The first kappa shape index (κ1) is 26.7. The van der Waals surface area contributed by atoms with Crippen LogP contribution in [0, 0.1) is 11.8 Å². The van der Waals surface area contributed by atoms with Crippen LogP contribution >= 0.6 is 11.3 Å². The number of thiophene rings is 1. The van der Waals surface area contributed by atoms with Crippen molar-refractivity contribution in [3.8, 4) is 0 Å². The fraction of sp³-hybridized carbons (Fsp3) is 0.464. The minimum atomic E-state index is -0.565. The summed E-state index contributed by atoms with van der Waals surface area (Å²) in [5.41, 5.74) is 13.2. The molecule has 6 nitrogen and oxygen atoms in total. The maximum atomic E-state index is 12.8. The number of carbonyl (C=O) groups is 3. The van der Waals surface area contributed by atoms with E-state index < -0.39 is 11.8 Å². The highest BCUT2D eigenvalue weighted by Crippen LogP contribution is 2.27. The van der Waals surface area contributed by atoms with E-state index in [0.717, 1.165) is 55.4 Å². The standard InChI is InChI=1S/C28H36N2O4S/c1-18(2)15-21(28(33)34-22-5-3-4-6-22)13-11-19-7-9-20(10-8-19)12-14-23-16-24(27(30)32)25(35-23)17-26(29)31/h7-10,12,14,16,18,21-22H,3-6,11,13,15,17H2,1-2H3,(H2,29,31)(H2,30,32)/b14-12+/t21-/m0/s1. The normalized spacial score (nSPS) is 15.1. The second kappa shape index (κ2) is 12.7. The zero-order valence-corrected chi connectivity index (χ0v) is 21.4. The maximum Gasteiger partial charge on any atom is 0.309 e. The average molecular weight is 497 g/mol. The zero-order valence-electron chi connectivity index (χ0n) is 20.6. The Kier molecular flexibility index (Phi) is 9.66. The number of rotatable bonds is 12. The summed E-state index contributed by atoms with van der Waals surface area (Å²) in [5, 5.41) is 0. The molecule has 1 aromatic heterocycles. The summed E-state index contributed by atoms with van der Waals surface area (Å²) < 4.78 is 5.80. The number of carbonyl (C=O) groups excluding carboxylic acids is 3. The summed E-state index contributed by atoms with van der Waals surface area (Å²) in [6.45, 7) is 4.29. The number of hydrogen-bond donors (Lipinski definition) is 2. The van der Waals surface area contributed by atoms with Gasteiger partial charge in [0, 0.05) is 9.75 Å². The molecule has 1 fully saturated rings. The van der Waals surface area contributed by atoms with Gasteiger partial charge in [0.1, 0.15) is 6.10 Å². The molecule has 3 rings (SSSR count).